The number of carbonyl (C=O) groups excluding carboxylic acids is 1. The first kappa shape index (κ1) is 20.4. The fourth-order valence-corrected chi connectivity index (χ4v) is 2.44. The summed E-state index contributed by atoms with van der Waals surface area (Å²) in [5, 5.41) is 2.83. The Kier molecular flexibility index (Phi) is 7.79. The molecule has 2 aromatic carbocycles. The molecule has 0 atom stereocenters. The van der Waals surface area contributed by atoms with E-state index in [0.29, 0.717) is 36.1 Å². The molecule has 0 aliphatic rings. The third-order valence-corrected chi connectivity index (χ3v) is 3.86. The summed E-state index contributed by atoms with van der Waals surface area (Å²) < 4.78 is 21.8. The Morgan fingerprint density at radius 1 is 0.926 bits per heavy atom. The van der Waals surface area contributed by atoms with Gasteiger partial charge in [-0.2, -0.15) is 0 Å². The second kappa shape index (κ2) is 10.3. The predicted molar refractivity (Wildman–Crippen MR) is 104 cm³/mol. The first-order chi connectivity index (χ1) is 13.1. The lowest BCUT2D eigenvalue weighted by atomic mass is 10.2. The molecule has 0 fully saturated rings. The zero-order chi connectivity index (χ0) is 19.6. The van der Waals surface area contributed by atoms with Gasteiger partial charge in [-0.25, -0.2) is 0 Å². The van der Waals surface area contributed by atoms with Crippen LogP contribution in [0.5, 0.6) is 23.0 Å². The highest BCUT2D eigenvalue weighted by Gasteiger charge is 2.09. The molecule has 2 aromatic rings. The van der Waals surface area contributed by atoms with Crippen LogP contribution in [-0.4, -0.2) is 33.3 Å². The summed E-state index contributed by atoms with van der Waals surface area (Å²) in [7, 11) is 3.17. The number of aryl methyl sites for hydroxylation is 1. The lowest BCUT2D eigenvalue weighted by Crippen LogP contribution is -2.28. The van der Waals surface area contributed by atoms with Crippen LogP contribution in [0.1, 0.15) is 24.5 Å². The van der Waals surface area contributed by atoms with Crippen molar-refractivity contribution < 1.29 is 23.7 Å². The Balaban J connectivity index is 1.88. The van der Waals surface area contributed by atoms with Gasteiger partial charge in [-0.05, 0) is 48.7 Å². The van der Waals surface area contributed by atoms with E-state index >= 15 is 0 Å². The van der Waals surface area contributed by atoms with Crippen molar-refractivity contribution in [1.29, 1.82) is 0 Å². The minimum Gasteiger partial charge on any atom is -0.493 e. The molecule has 0 aliphatic carbocycles. The van der Waals surface area contributed by atoms with E-state index in [1.54, 1.807) is 20.3 Å². The van der Waals surface area contributed by atoms with Gasteiger partial charge in [0.2, 0.25) is 0 Å². The first-order valence-corrected chi connectivity index (χ1v) is 8.91. The van der Waals surface area contributed by atoms with Gasteiger partial charge in [0.1, 0.15) is 0 Å². The van der Waals surface area contributed by atoms with Crippen LogP contribution in [0.2, 0.25) is 0 Å². The quantitative estimate of drug-likeness (QED) is 0.690. The highest BCUT2D eigenvalue weighted by atomic mass is 16.5. The number of benzene rings is 2. The second-order valence-electron chi connectivity index (χ2n) is 6.05. The molecule has 1 N–H and O–H groups in total. The summed E-state index contributed by atoms with van der Waals surface area (Å²) in [4.78, 5) is 12.1. The molecule has 146 valence electrons. The van der Waals surface area contributed by atoms with Crippen molar-refractivity contribution in [3.05, 3.63) is 47.5 Å². The van der Waals surface area contributed by atoms with Crippen LogP contribution in [0.3, 0.4) is 0 Å². The normalized spacial score (nSPS) is 10.2. The molecule has 6 nitrogen and oxygen atoms in total. The van der Waals surface area contributed by atoms with Gasteiger partial charge < -0.3 is 24.3 Å². The molecule has 0 unspecified atom stereocenters. The van der Waals surface area contributed by atoms with Gasteiger partial charge in [-0.3, -0.25) is 4.79 Å². The average molecular weight is 373 g/mol. The van der Waals surface area contributed by atoms with E-state index < -0.39 is 0 Å². The van der Waals surface area contributed by atoms with E-state index in [1.807, 2.05) is 44.2 Å². The molecular formula is C21H27NO5. The molecule has 1 amide bonds. The minimum absolute atomic E-state index is 0.0890. The Bertz CT molecular complexity index is 760. The number of ether oxygens (including phenoxy) is 4. The third kappa shape index (κ3) is 6.09. The predicted octanol–water partition coefficient (Wildman–Crippen LogP) is 3.50. The van der Waals surface area contributed by atoms with Gasteiger partial charge in [0, 0.05) is 6.54 Å². The number of methoxy groups -OCH3 is 2. The van der Waals surface area contributed by atoms with Crippen molar-refractivity contribution >= 4 is 5.91 Å². The highest BCUT2D eigenvalue weighted by molar-refractivity contribution is 5.77. The van der Waals surface area contributed by atoms with Crippen LogP contribution in [0.4, 0.5) is 0 Å². The van der Waals surface area contributed by atoms with E-state index in [9.17, 15) is 4.79 Å². The number of carbonyl (C=O) groups is 1. The zero-order valence-corrected chi connectivity index (χ0v) is 16.3. The Morgan fingerprint density at radius 3 is 2.30 bits per heavy atom. The molecule has 0 saturated carbocycles. The summed E-state index contributed by atoms with van der Waals surface area (Å²) in [5.41, 5.74) is 1.97. The summed E-state index contributed by atoms with van der Waals surface area (Å²) >= 11 is 0. The molecule has 0 aromatic heterocycles. The topological polar surface area (TPSA) is 66.0 Å². The van der Waals surface area contributed by atoms with Gasteiger partial charge in [0.05, 0.1) is 20.8 Å². The van der Waals surface area contributed by atoms with Crippen molar-refractivity contribution in [1.82, 2.24) is 5.32 Å². The van der Waals surface area contributed by atoms with Crippen molar-refractivity contribution in [2.45, 2.75) is 26.8 Å². The van der Waals surface area contributed by atoms with Gasteiger partial charge >= 0.3 is 0 Å². The van der Waals surface area contributed by atoms with Crippen LogP contribution in [0.15, 0.2) is 36.4 Å². The molecule has 0 radical (unpaired) electrons. The smallest absolute Gasteiger partial charge is 0.258 e. The maximum Gasteiger partial charge on any atom is 0.258 e. The number of hydrogen-bond acceptors (Lipinski definition) is 5. The van der Waals surface area contributed by atoms with E-state index in [1.165, 1.54) is 0 Å². The fraction of sp³-hybridized carbons (Fsp3) is 0.381. The molecule has 0 saturated heterocycles. The van der Waals surface area contributed by atoms with Gasteiger partial charge in [-0.15, -0.1) is 0 Å². The maximum atomic E-state index is 12.1. The molecule has 0 bridgehead atoms. The van der Waals surface area contributed by atoms with Crippen molar-refractivity contribution in [2.75, 3.05) is 27.4 Å². The van der Waals surface area contributed by atoms with Crippen LogP contribution < -0.4 is 24.3 Å². The van der Waals surface area contributed by atoms with Crippen LogP contribution in [-0.2, 0) is 11.3 Å². The monoisotopic (exact) mass is 373 g/mol. The van der Waals surface area contributed by atoms with Crippen LogP contribution >= 0.6 is 0 Å². The fourth-order valence-electron chi connectivity index (χ4n) is 2.44. The molecule has 0 heterocycles. The van der Waals surface area contributed by atoms with E-state index in [0.717, 1.165) is 17.5 Å². The van der Waals surface area contributed by atoms with Crippen LogP contribution in [0.25, 0.3) is 0 Å². The van der Waals surface area contributed by atoms with Crippen molar-refractivity contribution in [2.24, 2.45) is 0 Å². The zero-order valence-electron chi connectivity index (χ0n) is 16.3. The Morgan fingerprint density at radius 2 is 1.59 bits per heavy atom. The number of amides is 1. The number of rotatable bonds is 10. The SMILES string of the molecule is CCCOc1ccc(CNC(=O)COc2ccc(C)cc2OC)cc1OC. The summed E-state index contributed by atoms with van der Waals surface area (Å²) in [6.45, 7) is 4.93. The molecule has 6 heteroatoms. The minimum atomic E-state index is -0.220. The van der Waals surface area contributed by atoms with E-state index in [4.69, 9.17) is 18.9 Å². The summed E-state index contributed by atoms with van der Waals surface area (Å²) in [6.07, 6.45) is 0.923. The Hall–Kier alpha value is -2.89. The van der Waals surface area contributed by atoms with E-state index in [2.05, 4.69) is 5.32 Å². The maximum absolute atomic E-state index is 12.1. The molecule has 27 heavy (non-hydrogen) atoms. The van der Waals surface area contributed by atoms with E-state index in [-0.39, 0.29) is 12.5 Å². The lowest BCUT2D eigenvalue weighted by Gasteiger charge is -2.13. The highest BCUT2D eigenvalue weighted by Crippen LogP contribution is 2.29. The number of hydrogen-bond donors (Lipinski definition) is 1. The van der Waals surface area contributed by atoms with Crippen molar-refractivity contribution in [3.8, 4) is 23.0 Å². The molecular weight excluding hydrogens is 346 g/mol. The van der Waals surface area contributed by atoms with Gasteiger partial charge in [-0.1, -0.05) is 19.1 Å². The van der Waals surface area contributed by atoms with Crippen molar-refractivity contribution in [3.63, 3.8) is 0 Å². The van der Waals surface area contributed by atoms with Gasteiger partial charge in [0.25, 0.3) is 5.91 Å². The van der Waals surface area contributed by atoms with Crippen LogP contribution in [0, 0.1) is 6.92 Å². The lowest BCUT2D eigenvalue weighted by molar-refractivity contribution is -0.123. The average Bonchev–Trinajstić information content (AvgIpc) is 2.69. The standard InChI is InChI=1S/C21H27NO5/c1-5-10-26-17-9-7-16(12-20(17)25-4)13-22-21(23)14-27-18-8-6-15(2)11-19(18)24-3/h6-9,11-12H,5,10,13-14H2,1-4H3,(H,22,23). The molecule has 0 spiro atoms. The molecule has 2 rings (SSSR count). The van der Waals surface area contributed by atoms with Gasteiger partial charge in [0.15, 0.2) is 29.6 Å². The third-order valence-electron chi connectivity index (χ3n) is 3.86. The second-order valence-corrected chi connectivity index (χ2v) is 6.05. The number of nitrogens with one attached hydrogen (secondary N) is 1. The Labute approximate surface area is 160 Å². The summed E-state index contributed by atoms with van der Waals surface area (Å²) in [5.74, 6) is 2.27. The molecule has 0 aliphatic heterocycles. The first-order valence-electron chi connectivity index (χ1n) is 8.91. The summed E-state index contributed by atoms with van der Waals surface area (Å²) in [6, 6.07) is 11.2. The largest absolute Gasteiger partial charge is 0.493 e.